The van der Waals surface area contributed by atoms with Crippen molar-refractivity contribution in [1.82, 2.24) is 14.2 Å². The van der Waals surface area contributed by atoms with Gasteiger partial charge < -0.3 is 10.0 Å². The van der Waals surface area contributed by atoms with Crippen molar-refractivity contribution in [2.45, 2.75) is 17.9 Å². The molecule has 0 bridgehead atoms. The van der Waals surface area contributed by atoms with E-state index >= 15 is 0 Å². The number of pyridine rings is 1. The molecule has 0 aliphatic carbocycles. The molecule has 1 N–H and O–H groups in total. The molecule has 6 nitrogen and oxygen atoms in total. The maximum atomic E-state index is 13.0. The largest absolute Gasteiger partial charge is 0.493 e. The molecule has 0 amide bonds. The van der Waals surface area contributed by atoms with Crippen molar-refractivity contribution in [2.24, 2.45) is 0 Å². The highest BCUT2D eigenvalue weighted by molar-refractivity contribution is 7.89. The monoisotopic (exact) mass is 321 g/mol. The fourth-order valence-corrected chi connectivity index (χ4v) is 4.48. The van der Waals surface area contributed by atoms with Crippen molar-refractivity contribution in [3.05, 3.63) is 30.5 Å². The first kappa shape index (κ1) is 15.2. The van der Waals surface area contributed by atoms with E-state index in [0.717, 1.165) is 0 Å². The van der Waals surface area contributed by atoms with Crippen LogP contribution in [0.1, 0.15) is 6.92 Å². The second-order valence-electron chi connectivity index (χ2n) is 5.68. The van der Waals surface area contributed by atoms with Gasteiger partial charge in [-0.15, -0.1) is 0 Å². The molecule has 1 aromatic carbocycles. The number of sulfonamides is 1. The number of hydrogen-bond donors (Lipinski definition) is 1. The third kappa shape index (κ3) is 2.45. The summed E-state index contributed by atoms with van der Waals surface area (Å²) in [5.74, 6) is -0.152. The van der Waals surface area contributed by atoms with E-state index in [1.54, 1.807) is 24.3 Å². The number of hydrogen-bond acceptors (Lipinski definition) is 5. The van der Waals surface area contributed by atoms with Crippen LogP contribution in [-0.4, -0.2) is 60.4 Å². The average molecular weight is 321 g/mol. The number of aromatic nitrogens is 1. The Kier molecular flexibility index (Phi) is 3.80. The molecule has 3 rings (SSSR count). The lowest BCUT2D eigenvalue weighted by atomic mass is 10.2. The molecule has 0 saturated carbocycles. The third-order valence-electron chi connectivity index (χ3n) is 4.29. The van der Waals surface area contributed by atoms with Gasteiger partial charge in [-0.2, -0.15) is 4.31 Å². The molecule has 1 fully saturated rings. The number of nitrogens with zero attached hydrogens (tertiary/aromatic N) is 3. The molecule has 118 valence electrons. The quantitative estimate of drug-likeness (QED) is 0.901. The summed E-state index contributed by atoms with van der Waals surface area (Å²) < 4.78 is 27.5. The van der Waals surface area contributed by atoms with Gasteiger partial charge in [0.1, 0.15) is 0 Å². The van der Waals surface area contributed by atoms with Gasteiger partial charge in [0.25, 0.3) is 0 Å². The summed E-state index contributed by atoms with van der Waals surface area (Å²) in [5, 5.41) is 10.8. The number of benzene rings is 1. The van der Waals surface area contributed by atoms with Crippen LogP contribution in [-0.2, 0) is 10.0 Å². The van der Waals surface area contributed by atoms with Crippen molar-refractivity contribution < 1.29 is 13.5 Å². The van der Waals surface area contributed by atoms with Gasteiger partial charge in [0, 0.05) is 42.6 Å². The van der Waals surface area contributed by atoms with Crippen LogP contribution < -0.4 is 0 Å². The zero-order valence-corrected chi connectivity index (χ0v) is 13.4. The van der Waals surface area contributed by atoms with Gasteiger partial charge in [-0.1, -0.05) is 6.07 Å². The fraction of sp³-hybridized carbons (Fsp3) is 0.400. The summed E-state index contributed by atoms with van der Waals surface area (Å²) in [6, 6.07) is 6.69. The molecular formula is C15H19N3O3S. The zero-order chi connectivity index (χ0) is 15.9. The summed E-state index contributed by atoms with van der Waals surface area (Å²) in [4.78, 5) is 6.17. The van der Waals surface area contributed by atoms with Crippen molar-refractivity contribution in [3.63, 3.8) is 0 Å². The van der Waals surface area contributed by atoms with Crippen LogP contribution in [0.2, 0.25) is 0 Å². The van der Waals surface area contributed by atoms with E-state index in [4.69, 9.17) is 0 Å². The highest BCUT2D eigenvalue weighted by Gasteiger charge is 2.31. The minimum Gasteiger partial charge on any atom is -0.493 e. The molecule has 2 heterocycles. The molecule has 1 saturated heterocycles. The van der Waals surface area contributed by atoms with E-state index in [9.17, 15) is 13.5 Å². The van der Waals surface area contributed by atoms with E-state index in [1.807, 2.05) is 14.0 Å². The third-order valence-corrected chi connectivity index (χ3v) is 6.21. The first-order valence-corrected chi connectivity index (χ1v) is 8.62. The molecule has 1 atom stereocenters. The van der Waals surface area contributed by atoms with Gasteiger partial charge in [-0.05, 0) is 32.2 Å². The van der Waals surface area contributed by atoms with Gasteiger partial charge in [-0.3, -0.25) is 0 Å². The smallest absolute Gasteiger partial charge is 0.243 e. The predicted octanol–water partition coefficient (Wildman–Crippen LogP) is 1.27. The Morgan fingerprint density at radius 1 is 1.23 bits per heavy atom. The predicted molar refractivity (Wildman–Crippen MR) is 84.3 cm³/mol. The van der Waals surface area contributed by atoms with Crippen molar-refractivity contribution >= 4 is 20.8 Å². The minimum atomic E-state index is -3.59. The Bertz CT molecular complexity index is 807. The Balaban J connectivity index is 2.08. The van der Waals surface area contributed by atoms with E-state index in [1.165, 1.54) is 10.5 Å². The summed E-state index contributed by atoms with van der Waals surface area (Å²) in [6.45, 7) is 3.65. The molecule has 1 aromatic heterocycles. The molecule has 1 aliphatic heterocycles. The van der Waals surface area contributed by atoms with E-state index in [-0.39, 0.29) is 16.8 Å². The Labute approximate surface area is 130 Å². The standard InChI is InChI=1S/C15H19N3O3S/c1-11-10-18(9-8-17(11)2)22(20,21)14-5-3-4-13-12(14)6-7-16-15(13)19/h3-7,11H,8-10H2,1-2H3,(H,16,19). The summed E-state index contributed by atoms with van der Waals surface area (Å²) in [6.07, 6.45) is 1.42. The molecule has 0 spiro atoms. The number of rotatable bonds is 2. The topological polar surface area (TPSA) is 73.7 Å². The van der Waals surface area contributed by atoms with Gasteiger partial charge >= 0.3 is 0 Å². The first-order chi connectivity index (χ1) is 10.4. The molecule has 1 unspecified atom stereocenters. The van der Waals surface area contributed by atoms with Crippen LogP contribution in [0.4, 0.5) is 0 Å². The van der Waals surface area contributed by atoms with Gasteiger partial charge in [0.05, 0.1) is 4.90 Å². The summed E-state index contributed by atoms with van der Waals surface area (Å²) in [5.41, 5.74) is 0. The Morgan fingerprint density at radius 2 is 2.00 bits per heavy atom. The van der Waals surface area contributed by atoms with Crippen LogP contribution in [0.3, 0.4) is 0 Å². The second kappa shape index (κ2) is 5.49. The summed E-state index contributed by atoms with van der Waals surface area (Å²) >= 11 is 0. The highest BCUT2D eigenvalue weighted by Crippen LogP contribution is 2.30. The van der Waals surface area contributed by atoms with Gasteiger partial charge in [0.15, 0.2) is 0 Å². The van der Waals surface area contributed by atoms with Crippen LogP contribution >= 0.6 is 0 Å². The number of fused-ring (bicyclic) bond motifs is 1. The lowest BCUT2D eigenvalue weighted by molar-refractivity contribution is 0.159. The second-order valence-corrected chi connectivity index (χ2v) is 7.58. The van der Waals surface area contributed by atoms with Gasteiger partial charge in [-0.25, -0.2) is 13.4 Å². The van der Waals surface area contributed by atoms with Crippen LogP contribution in [0.25, 0.3) is 10.8 Å². The van der Waals surface area contributed by atoms with Crippen molar-refractivity contribution in [1.29, 1.82) is 0 Å². The van der Waals surface area contributed by atoms with E-state index in [2.05, 4.69) is 9.88 Å². The Hall–Kier alpha value is -1.70. The minimum absolute atomic E-state index is 0.152. The fourth-order valence-electron chi connectivity index (χ4n) is 2.76. The Morgan fingerprint density at radius 3 is 2.73 bits per heavy atom. The molecule has 22 heavy (non-hydrogen) atoms. The molecule has 0 radical (unpaired) electrons. The SMILES string of the molecule is CC1CN(S(=O)(=O)c2cccc3c(O)nccc23)CCN1C. The van der Waals surface area contributed by atoms with Crippen LogP contribution in [0.5, 0.6) is 5.88 Å². The number of aromatic hydroxyl groups is 1. The number of likely N-dealkylation sites (N-methyl/N-ethyl adjacent to an activating group) is 1. The zero-order valence-electron chi connectivity index (χ0n) is 12.6. The lowest BCUT2D eigenvalue weighted by Crippen LogP contribution is -2.51. The molecule has 7 heteroatoms. The average Bonchev–Trinajstić information content (AvgIpc) is 2.50. The highest BCUT2D eigenvalue weighted by atomic mass is 32.2. The van der Waals surface area contributed by atoms with Gasteiger partial charge in [0.2, 0.25) is 15.9 Å². The maximum absolute atomic E-state index is 13.0. The molecular weight excluding hydrogens is 302 g/mol. The molecule has 1 aliphatic rings. The summed E-state index contributed by atoms with van der Waals surface area (Å²) in [7, 11) is -1.60. The first-order valence-electron chi connectivity index (χ1n) is 7.18. The van der Waals surface area contributed by atoms with Crippen LogP contribution in [0, 0.1) is 0 Å². The number of piperazine rings is 1. The normalized spacial score (nSPS) is 21.3. The molecule has 2 aromatic rings. The van der Waals surface area contributed by atoms with Crippen molar-refractivity contribution in [3.8, 4) is 5.88 Å². The van der Waals surface area contributed by atoms with Crippen LogP contribution in [0.15, 0.2) is 35.4 Å². The van der Waals surface area contributed by atoms with Crippen molar-refractivity contribution in [2.75, 3.05) is 26.7 Å². The lowest BCUT2D eigenvalue weighted by Gasteiger charge is -2.36. The van der Waals surface area contributed by atoms with E-state index < -0.39 is 10.0 Å². The van der Waals surface area contributed by atoms with E-state index in [0.29, 0.717) is 30.4 Å². The maximum Gasteiger partial charge on any atom is 0.243 e.